The van der Waals surface area contributed by atoms with E-state index in [2.05, 4.69) is 6.92 Å². The molecule has 3 aromatic rings. The first-order chi connectivity index (χ1) is 12.8. The number of aromatic nitrogens is 1. The van der Waals surface area contributed by atoms with Gasteiger partial charge in [-0.2, -0.15) is 0 Å². The molecule has 1 aliphatic carbocycles. The SMILES string of the molecule is CCCCC(=O)[C@H]1C[C@H]1c1nc(-c2ccccc2)c(-c2ccccc2)o1. The Bertz CT molecular complexity index is 826. The van der Waals surface area contributed by atoms with Crippen molar-refractivity contribution in [3.8, 4) is 22.6 Å². The van der Waals surface area contributed by atoms with Gasteiger partial charge in [-0.3, -0.25) is 4.79 Å². The van der Waals surface area contributed by atoms with E-state index >= 15 is 0 Å². The molecule has 2 atom stereocenters. The maximum absolute atomic E-state index is 12.3. The highest BCUT2D eigenvalue weighted by Crippen LogP contribution is 2.50. The normalized spacial score (nSPS) is 18.7. The third-order valence-corrected chi connectivity index (χ3v) is 5.02. The maximum atomic E-state index is 12.3. The summed E-state index contributed by atoms with van der Waals surface area (Å²) in [6, 6.07) is 20.2. The molecular formula is C23H23NO2. The number of carbonyl (C=O) groups is 1. The van der Waals surface area contributed by atoms with Crippen molar-refractivity contribution in [2.45, 2.75) is 38.5 Å². The molecule has 2 aromatic carbocycles. The number of hydrogen-bond donors (Lipinski definition) is 0. The molecule has 1 heterocycles. The van der Waals surface area contributed by atoms with Crippen LogP contribution >= 0.6 is 0 Å². The Morgan fingerprint density at radius 3 is 2.35 bits per heavy atom. The Balaban J connectivity index is 1.66. The molecule has 0 bridgehead atoms. The van der Waals surface area contributed by atoms with Crippen LogP contribution in [0.25, 0.3) is 22.6 Å². The number of rotatable bonds is 7. The van der Waals surface area contributed by atoms with Crippen molar-refractivity contribution in [2.24, 2.45) is 5.92 Å². The first-order valence-electron chi connectivity index (χ1n) is 9.42. The highest BCUT2D eigenvalue weighted by Gasteiger charge is 2.46. The van der Waals surface area contributed by atoms with Gasteiger partial charge in [-0.05, 0) is 12.8 Å². The number of benzene rings is 2. The minimum absolute atomic E-state index is 0.0902. The van der Waals surface area contributed by atoms with Gasteiger partial charge in [0, 0.05) is 29.4 Å². The van der Waals surface area contributed by atoms with E-state index in [9.17, 15) is 4.79 Å². The van der Waals surface area contributed by atoms with E-state index in [1.807, 2.05) is 60.7 Å². The number of unbranched alkanes of at least 4 members (excludes halogenated alkanes) is 1. The van der Waals surface area contributed by atoms with Gasteiger partial charge in [-0.15, -0.1) is 0 Å². The van der Waals surface area contributed by atoms with Gasteiger partial charge in [0.25, 0.3) is 0 Å². The van der Waals surface area contributed by atoms with Gasteiger partial charge < -0.3 is 4.42 Å². The molecule has 132 valence electrons. The first kappa shape index (κ1) is 16.8. The smallest absolute Gasteiger partial charge is 0.199 e. The van der Waals surface area contributed by atoms with Crippen molar-refractivity contribution >= 4 is 5.78 Å². The summed E-state index contributed by atoms with van der Waals surface area (Å²) in [4.78, 5) is 17.1. The lowest BCUT2D eigenvalue weighted by atomic mass is 10.1. The molecule has 0 aliphatic heterocycles. The third-order valence-electron chi connectivity index (χ3n) is 5.02. The molecule has 3 heteroatoms. The Morgan fingerprint density at radius 2 is 1.69 bits per heavy atom. The van der Waals surface area contributed by atoms with Crippen LogP contribution in [0.2, 0.25) is 0 Å². The molecule has 0 N–H and O–H groups in total. The fourth-order valence-electron chi connectivity index (χ4n) is 3.43. The summed E-state index contributed by atoms with van der Waals surface area (Å²) >= 11 is 0. The van der Waals surface area contributed by atoms with Crippen LogP contribution in [0.4, 0.5) is 0 Å². The van der Waals surface area contributed by atoms with E-state index < -0.39 is 0 Å². The van der Waals surface area contributed by atoms with E-state index in [4.69, 9.17) is 9.40 Å². The third kappa shape index (κ3) is 3.34. The molecule has 0 saturated heterocycles. The molecule has 26 heavy (non-hydrogen) atoms. The van der Waals surface area contributed by atoms with Crippen molar-refractivity contribution in [3.63, 3.8) is 0 Å². The number of carbonyl (C=O) groups excluding carboxylic acids is 1. The van der Waals surface area contributed by atoms with Crippen molar-refractivity contribution < 1.29 is 9.21 Å². The second-order valence-electron chi connectivity index (χ2n) is 6.98. The zero-order chi connectivity index (χ0) is 17.9. The Labute approximate surface area is 154 Å². The zero-order valence-electron chi connectivity index (χ0n) is 15.0. The van der Waals surface area contributed by atoms with Crippen molar-refractivity contribution in [1.29, 1.82) is 0 Å². The van der Waals surface area contributed by atoms with Crippen molar-refractivity contribution in [2.75, 3.05) is 0 Å². The van der Waals surface area contributed by atoms with Crippen LogP contribution < -0.4 is 0 Å². The zero-order valence-corrected chi connectivity index (χ0v) is 15.0. The summed E-state index contributed by atoms with van der Waals surface area (Å²) in [5.41, 5.74) is 2.91. The molecule has 3 nitrogen and oxygen atoms in total. The molecule has 4 rings (SSSR count). The van der Waals surface area contributed by atoms with Crippen LogP contribution in [0.5, 0.6) is 0 Å². The topological polar surface area (TPSA) is 43.1 Å². The molecule has 0 radical (unpaired) electrons. The van der Waals surface area contributed by atoms with Crippen molar-refractivity contribution in [1.82, 2.24) is 4.98 Å². The van der Waals surface area contributed by atoms with Crippen LogP contribution in [0.3, 0.4) is 0 Å². The molecule has 0 spiro atoms. The average Bonchev–Trinajstić information content (AvgIpc) is 3.38. The number of ketones is 1. The quantitative estimate of drug-likeness (QED) is 0.538. The molecule has 0 amide bonds. The largest absolute Gasteiger partial charge is 0.440 e. The van der Waals surface area contributed by atoms with Gasteiger partial charge in [0.15, 0.2) is 11.7 Å². The van der Waals surface area contributed by atoms with E-state index in [0.717, 1.165) is 41.8 Å². The monoisotopic (exact) mass is 345 g/mol. The van der Waals surface area contributed by atoms with Crippen LogP contribution in [0.15, 0.2) is 65.1 Å². The fourth-order valence-corrected chi connectivity index (χ4v) is 3.43. The lowest BCUT2D eigenvalue weighted by Crippen LogP contribution is -2.01. The first-order valence-corrected chi connectivity index (χ1v) is 9.42. The van der Waals surface area contributed by atoms with Gasteiger partial charge in [0.2, 0.25) is 0 Å². The lowest BCUT2D eigenvalue weighted by molar-refractivity contribution is -0.120. The van der Waals surface area contributed by atoms with E-state index in [-0.39, 0.29) is 11.8 Å². The van der Waals surface area contributed by atoms with Crippen LogP contribution in [-0.4, -0.2) is 10.8 Å². The van der Waals surface area contributed by atoms with E-state index in [0.29, 0.717) is 18.1 Å². The summed E-state index contributed by atoms with van der Waals surface area (Å²) in [7, 11) is 0. The molecule has 1 aliphatic rings. The molecule has 1 saturated carbocycles. The standard InChI is InChI=1S/C23H23NO2/c1-2-3-14-20(25)18-15-19(18)23-24-21(16-10-6-4-7-11-16)22(26-23)17-12-8-5-9-13-17/h4-13,18-19H,2-3,14-15H2,1H3/t18-,19+/m0/s1. The number of nitrogens with zero attached hydrogens (tertiary/aromatic N) is 1. The number of oxazole rings is 1. The van der Waals surface area contributed by atoms with Gasteiger partial charge in [-0.1, -0.05) is 74.0 Å². The highest BCUT2D eigenvalue weighted by atomic mass is 16.4. The second kappa shape index (κ2) is 7.28. The molecule has 0 unspecified atom stereocenters. The minimum atomic E-state index is 0.0902. The van der Waals surface area contributed by atoms with Gasteiger partial charge in [0.05, 0.1) is 0 Å². The maximum Gasteiger partial charge on any atom is 0.199 e. The molecule has 1 aromatic heterocycles. The van der Waals surface area contributed by atoms with E-state index in [1.165, 1.54) is 0 Å². The fraction of sp³-hybridized carbons (Fsp3) is 0.304. The second-order valence-corrected chi connectivity index (χ2v) is 6.98. The van der Waals surface area contributed by atoms with Crippen LogP contribution in [0, 0.1) is 5.92 Å². The van der Waals surface area contributed by atoms with Crippen molar-refractivity contribution in [3.05, 3.63) is 66.6 Å². The molecule has 1 fully saturated rings. The van der Waals surface area contributed by atoms with Crippen LogP contribution in [0.1, 0.15) is 44.4 Å². The van der Waals surface area contributed by atoms with Gasteiger partial charge in [-0.25, -0.2) is 4.98 Å². The van der Waals surface area contributed by atoms with Gasteiger partial charge in [0.1, 0.15) is 11.5 Å². The Hall–Kier alpha value is -2.68. The van der Waals surface area contributed by atoms with Gasteiger partial charge >= 0.3 is 0 Å². The predicted octanol–water partition coefficient (Wildman–Crippen LogP) is 5.87. The minimum Gasteiger partial charge on any atom is -0.440 e. The molecular weight excluding hydrogens is 322 g/mol. The highest BCUT2D eigenvalue weighted by molar-refractivity contribution is 5.85. The summed E-state index contributed by atoms with van der Waals surface area (Å²) in [5.74, 6) is 2.08. The Morgan fingerprint density at radius 1 is 1.04 bits per heavy atom. The van der Waals surface area contributed by atoms with Crippen LogP contribution in [-0.2, 0) is 4.79 Å². The predicted molar refractivity (Wildman–Crippen MR) is 103 cm³/mol. The number of Topliss-reactive ketones (excluding diaryl/α,β-unsaturated/α-hetero) is 1. The average molecular weight is 345 g/mol. The number of hydrogen-bond acceptors (Lipinski definition) is 3. The summed E-state index contributed by atoms with van der Waals surface area (Å²) in [6.45, 7) is 2.12. The summed E-state index contributed by atoms with van der Waals surface area (Å²) < 4.78 is 6.20. The Kier molecular flexibility index (Phi) is 4.70. The summed E-state index contributed by atoms with van der Waals surface area (Å²) in [5, 5.41) is 0. The lowest BCUT2D eigenvalue weighted by Gasteiger charge is -2.00. The van der Waals surface area contributed by atoms with E-state index in [1.54, 1.807) is 0 Å². The summed E-state index contributed by atoms with van der Waals surface area (Å²) in [6.07, 6.45) is 3.57.